The number of hydrogen-bond acceptors (Lipinski definition) is 3. The van der Waals surface area contributed by atoms with Crippen molar-refractivity contribution in [3.05, 3.63) is 11.9 Å². The number of rotatable bonds is 4. The Morgan fingerprint density at radius 1 is 1.50 bits per heavy atom. The average Bonchev–Trinajstić information content (AvgIpc) is 2.93. The van der Waals surface area contributed by atoms with Gasteiger partial charge in [-0.3, -0.25) is 9.48 Å². The summed E-state index contributed by atoms with van der Waals surface area (Å²) >= 11 is 0. The van der Waals surface area contributed by atoms with Crippen LogP contribution in [0.5, 0.6) is 5.75 Å². The molecular weight excluding hydrogens is 228 g/mol. The zero-order chi connectivity index (χ0) is 13.3. The number of nitrogens with zero attached hydrogens (tertiary/aromatic N) is 2. The molecule has 100 valence electrons. The molecule has 0 aliphatic heterocycles. The Kier molecular flexibility index (Phi) is 3.73. The van der Waals surface area contributed by atoms with Gasteiger partial charge in [0, 0.05) is 12.0 Å². The van der Waals surface area contributed by atoms with Crippen LogP contribution in [0, 0.1) is 11.8 Å². The molecule has 18 heavy (non-hydrogen) atoms. The molecule has 0 amide bonds. The van der Waals surface area contributed by atoms with Crippen molar-refractivity contribution in [2.45, 2.75) is 46.1 Å². The van der Waals surface area contributed by atoms with E-state index in [0.29, 0.717) is 17.4 Å². The SMILES string of the molecule is COc1cnn(C(C)C)c1C(=O)C1CCCC1C. The van der Waals surface area contributed by atoms with Crippen molar-refractivity contribution in [2.75, 3.05) is 7.11 Å². The Hall–Kier alpha value is -1.32. The van der Waals surface area contributed by atoms with Gasteiger partial charge in [0.05, 0.1) is 13.3 Å². The Morgan fingerprint density at radius 3 is 2.72 bits per heavy atom. The third-order valence-electron chi connectivity index (χ3n) is 3.90. The van der Waals surface area contributed by atoms with Crippen LogP contribution in [-0.2, 0) is 0 Å². The number of ketones is 1. The molecule has 2 rings (SSSR count). The van der Waals surface area contributed by atoms with Crippen LogP contribution < -0.4 is 4.74 Å². The van der Waals surface area contributed by atoms with Gasteiger partial charge < -0.3 is 4.74 Å². The zero-order valence-electron chi connectivity index (χ0n) is 11.6. The second-order valence-corrected chi connectivity index (χ2v) is 5.48. The molecule has 4 nitrogen and oxygen atoms in total. The maximum Gasteiger partial charge on any atom is 0.188 e. The first-order chi connectivity index (χ1) is 8.56. The van der Waals surface area contributed by atoms with Crippen LogP contribution in [-0.4, -0.2) is 22.7 Å². The number of hydrogen-bond donors (Lipinski definition) is 0. The van der Waals surface area contributed by atoms with E-state index >= 15 is 0 Å². The summed E-state index contributed by atoms with van der Waals surface area (Å²) < 4.78 is 7.07. The normalized spacial score (nSPS) is 23.6. The third-order valence-corrected chi connectivity index (χ3v) is 3.90. The van der Waals surface area contributed by atoms with E-state index in [2.05, 4.69) is 12.0 Å². The monoisotopic (exact) mass is 250 g/mol. The highest BCUT2D eigenvalue weighted by molar-refractivity contribution is 5.99. The smallest absolute Gasteiger partial charge is 0.188 e. The van der Waals surface area contributed by atoms with Gasteiger partial charge in [0.1, 0.15) is 5.69 Å². The fraction of sp³-hybridized carbons (Fsp3) is 0.714. The lowest BCUT2D eigenvalue weighted by Crippen LogP contribution is -2.22. The molecule has 1 aromatic heterocycles. The lowest BCUT2D eigenvalue weighted by atomic mass is 9.91. The Bertz CT molecular complexity index is 437. The molecule has 1 heterocycles. The highest BCUT2D eigenvalue weighted by Crippen LogP contribution is 2.36. The molecule has 0 N–H and O–H groups in total. The molecule has 4 heteroatoms. The zero-order valence-corrected chi connectivity index (χ0v) is 11.6. The Labute approximate surface area is 108 Å². The molecule has 1 aromatic rings. The van der Waals surface area contributed by atoms with Crippen LogP contribution in [0.25, 0.3) is 0 Å². The van der Waals surface area contributed by atoms with Crippen molar-refractivity contribution in [1.82, 2.24) is 9.78 Å². The Morgan fingerprint density at radius 2 is 2.22 bits per heavy atom. The molecule has 1 fully saturated rings. The van der Waals surface area contributed by atoms with Gasteiger partial charge in [0.15, 0.2) is 11.5 Å². The van der Waals surface area contributed by atoms with Gasteiger partial charge in [-0.1, -0.05) is 13.3 Å². The second-order valence-electron chi connectivity index (χ2n) is 5.48. The van der Waals surface area contributed by atoms with E-state index in [1.54, 1.807) is 18.0 Å². The third kappa shape index (κ3) is 2.16. The van der Waals surface area contributed by atoms with Gasteiger partial charge in [0.25, 0.3) is 0 Å². The quantitative estimate of drug-likeness (QED) is 0.771. The second kappa shape index (κ2) is 5.12. The van der Waals surface area contributed by atoms with E-state index in [1.807, 2.05) is 13.8 Å². The first-order valence-corrected chi connectivity index (χ1v) is 6.72. The van der Waals surface area contributed by atoms with E-state index in [4.69, 9.17) is 4.74 Å². The summed E-state index contributed by atoms with van der Waals surface area (Å²) in [4.78, 5) is 12.7. The first-order valence-electron chi connectivity index (χ1n) is 6.72. The minimum Gasteiger partial charge on any atom is -0.493 e. The van der Waals surface area contributed by atoms with Crippen LogP contribution >= 0.6 is 0 Å². The van der Waals surface area contributed by atoms with Gasteiger partial charge in [-0.05, 0) is 32.6 Å². The standard InChI is InChI=1S/C14H22N2O2/c1-9(2)16-13(12(18-4)8-15-16)14(17)11-7-5-6-10(11)3/h8-11H,5-7H2,1-4H3. The number of carbonyl (C=O) groups is 1. The van der Waals surface area contributed by atoms with Gasteiger partial charge in [0.2, 0.25) is 0 Å². The van der Waals surface area contributed by atoms with Gasteiger partial charge in [-0.2, -0.15) is 5.10 Å². The van der Waals surface area contributed by atoms with Crippen molar-refractivity contribution in [3.8, 4) is 5.75 Å². The van der Waals surface area contributed by atoms with E-state index in [9.17, 15) is 4.79 Å². The fourth-order valence-corrected chi connectivity index (χ4v) is 2.83. The number of carbonyl (C=O) groups excluding carboxylic acids is 1. The van der Waals surface area contributed by atoms with Crippen molar-refractivity contribution in [2.24, 2.45) is 11.8 Å². The molecular formula is C14H22N2O2. The summed E-state index contributed by atoms with van der Waals surface area (Å²) in [5.41, 5.74) is 0.645. The fourth-order valence-electron chi connectivity index (χ4n) is 2.83. The van der Waals surface area contributed by atoms with E-state index in [1.165, 1.54) is 0 Å². The molecule has 2 unspecified atom stereocenters. The van der Waals surface area contributed by atoms with E-state index < -0.39 is 0 Å². The van der Waals surface area contributed by atoms with Crippen LogP contribution in [0.15, 0.2) is 6.20 Å². The summed E-state index contributed by atoms with van der Waals surface area (Å²) in [6.45, 7) is 6.22. The molecule has 0 radical (unpaired) electrons. The minimum atomic E-state index is 0.132. The minimum absolute atomic E-state index is 0.132. The molecule has 1 saturated carbocycles. The summed E-state index contributed by atoms with van der Waals surface area (Å²) in [6, 6.07) is 0.171. The maximum absolute atomic E-state index is 12.7. The van der Waals surface area contributed by atoms with Crippen LogP contribution in [0.3, 0.4) is 0 Å². The van der Waals surface area contributed by atoms with Crippen LogP contribution in [0.2, 0.25) is 0 Å². The predicted octanol–water partition coefficient (Wildman–Crippen LogP) is 3.09. The lowest BCUT2D eigenvalue weighted by molar-refractivity contribution is 0.0880. The van der Waals surface area contributed by atoms with E-state index in [-0.39, 0.29) is 17.7 Å². The van der Waals surface area contributed by atoms with Crippen LogP contribution in [0.4, 0.5) is 0 Å². The molecule has 0 aromatic carbocycles. The summed E-state index contributed by atoms with van der Waals surface area (Å²) in [5, 5.41) is 4.27. The number of Topliss-reactive ketones (excluding diaryl/α,β-unsaturated/α-hetero) is 1. The first kappa shape index (κ1) is 13.1. The lowest BCUT2D eigenvalue weighted by Gasteiger charge is -2.17. The van der Waals surface area contributed by atoms with Crippen molar-refractivity contribution < 1.29 is 9.53 Å². The molecule has 0 bridgehead atoms. The topological polar surface area (TPSA) is 44.1 Å². The van der Waals surface area contributed by atoms with Crippen molar-refractivity contribution in [1.29, 1.82) is 0 Å². The van der Waals surface area contributed by atoms with E-state index in [0.717, 1.165) is 19.3 Å². The van der Waals surface area contributed by atoms with Gasteiger partial charge in [-0.25, -0.2) is 0 Å². The highest BCUT2D eigenvalue weighted by atomic mass is 16.5. The van der Waals surface area contributed by atoms with Crippen molar-refractivity contribution >= 4 is 5.78 Å². The number of methoxy groups -OCH3 is 1. The summed E-state index contributed by atoms with van der Waals surface area (Å²) in [5.74, 6) is 1.40. The van der Waals surface area contributed by atoms with Crippen LogP contribution in [0.1, 0.15) is 56.6 Å². The van der Waals surface area contributed by atoms with Crippen molar-refractivity contribution in [3.63, 3.8) is 0 Å². The molecule has 1 aliphatic carbocycles. The molecule has 2 atom stereocenters. The largest absolute Gasteiger partial charge is 0.493 e. The predicted molar refractivity (Wildman–Crippen MR) is 70.0 cm³/mol. The van der Waals surface area contributed by atoms with Gasteiger partial charge in [-0.15, -0.1) is 0 Å². The number of aromatic nitrogens is 2. The van der Waals surface area contributed by atoms with Gasteiger partial charge >= 0.3 is 0 Å². The highest BCUT2D eigenvalue weighted by Gasteiger charge is 2.34. The Balaban J connectivity index is 2.36. The number of ether oxygens (including phenoxy) is 1. The molecule has 0 saturated heterocycles. The summed E-state index contributed by atoms with van der Waals surface area (Å²) in [7, 11) is 1.59. The maximum atomic E-state index is 12.7. The molecule has 1 aliphatic rings. The summed E-state index contributed by atoms with van der Waals surface area (Å²) in [6.07, 6.45) is 4.93. The molecule has 0 spiro atoms. The average molecular weight is 250 g/mol.